The predicted octanol–water partition coefficient (Wildman–Crippen LogP) is 3.37. The minimum Gasteiger partial charge on any atom is -0.355 e. The third kappa shape index (κ3) is 4.68. The molecule has 3 rings (SSSR count). The van der Waals surface area contributed by atoms with Gasteiger partial charge in [-0.1, -0.05) is 12.1 Å². The number of benzene rings is 1. The largest absolute Gasteiger partial charge is 0.355 e. The zero-order valence-electron chi connectivity index (χ0n) is 16.2. The fourth-order valence-electron chi connectivity index (χ4n) is 3.42. The van der Waals surface area contributed by atoms with Gasteiger partial charge in [-0.25, -0.2) is 4.98 Å². The zero-order chi connectivity index (χ0) is 18.5. The summed E-state index contributed by atoms with van der Waals surface area (Å²) < 4.78 is 0. The second kappa shape index (κ2) is 8.73. The van der Waals surface area contributed by atoms with E-state index in [9.17, 15) is 0 Å². The molecule has 26 heavy (non-hydrogen) atoms. The van der Waals surface area contributed by atoms with Crippen molar-refractivity contribution in [2.75, 3.05) is 50.3 Å². The van der Waals surface area contributed by atoms with Crippen molar-refractivity contribution >= 4 is 23.5 Å². The van der Waals surface area contributed by atoms with Crippen LogP contribution in [0, 0.1) is 0 Å². The highest BCUT2D eigenvalue weighted by Gasteiger charge is 2.24. The average Bonchev–Trinajstić information content (AvgIpc) is 2.68. The molecular formula is C20H29N5S. The van der Waals surface area contributed by atoms with Crippen LogP contribution in [0.15, 0.2) is 41.4 Å². The number of thioether (sulfide) groups is 1. The van der Waals surface area contributed by atoms with Crippen LogP contribution in [0.5, 0.6) is 0 Å². The first-order chi connectivity index (χ1) is 12.6. The van der Waals surface area contributed by atoms with Gasteiger partial charge in [0.25, 0.3) is 0 Å². The molecule has 2 heterocycles. The number of hydrogen-bond acceptors (Lipinski definition) is 6. The molecule has 0 saturated carbocycles. The second-order valence-electron chi connectivity index (χ2n) is 7.10. The molecule has 0 spiro atoms. The Morgan fingerprint density at radius 3 is 2.62 bits per heavy atom. The number of likely N-dealkylation sites (N-methyl/N-ethyl adjacent to an activating group) is 1. The summed E-state index contributed by atoms with van der Waals surface area (Å²) in [6.07, 6.45) is 6.40. The summed E-state index contributed by atoms with van der Waals surface area (Å²) in [5, 5.41) is 0. The minimum absolute atomic E-state index is 0.485. The first-order valence-electron chi connectivity index (χ1n) is 9.15. The van der Waals surface area contributed by atoms with Crippen molar-refractivity contribution in [2.24, 2.45) is 0 Å². The van der Waals surface area contributed by atoms with Crippen LogP contribution in [0.2, 0.25) is 0 Å². The number of nitrogens with zero attached hydrogens (tertiary/aromatic N) is 5. The molecule has 1 aromatic carbocycles. The Kier molecular flexibility index (Phi) is 6.38. The van der Waals surface area contributed by atoms with Gasteiger partial charge in [0, 0.05) is 51.4 Å². The van der Waals surface area contributed by atoms with Gasteiger partial charge in [0.05, 0.1) is 0 Å². The molecule has 1 saturated heterocycles. The van der Waals surface area contributed by atoms with Crippen LogP contribution in [0.3, 0.4) is 0 Å². The molecule has 1 unspecified atom stereocenters. The Balaban J connectivity index is 1.64. The molecular weight excluding hydrogens is 342 g/mol. The van der Waals surface area contributed by atoms with Gasteiger partial charge in [0.2, 0.25) is 5.95 Å². The Bertz CT molecular complexity index is 704. The molecule has 0 radical (unpaired) electrons. The highest BCUT2D eigenvalue weighted by atomic mass is 32.2. The molecule has 0 N–H and O–H groups in total. The van der Waals surface area contributed by atoms with E-state index >= 15 is 0 Å². The summed E-state index contributed by atoms with van der Waals surface area (Å²) in [6.45, 7) is 3.26. The van der Waals surface area contributed by atoms with Crippen molar-refractivity contribution in [3.8, 4) is 0 Å². The van der Waals surface area contributed by atoms with Crippen LogP contribution in [-0.4, -0.2) is 61.4 Å². The predicted molar refractivity (Wildman–Crippen MR) is 111 cm³/mol. The van der Waals surface area contributed by atoms with E-state index in [1.165, 1.54) is 29.8 Å². The number of aromatic nitrogens is 2. The second-order valence-corrected chi connectivity index (χ2v) is 7.98. The van der Waals surface area contributed by atoms with E-state index in [1.807, 2.05) is 31.3 Å². The van der Waals surface area contributed by atoms with E-state index in [0.717, 1.165) is 24.9 Å². The summed E-state index contributed by atoms with van der Waals surface area (Å²) in [5.41, 5.74) is 1.39. The standard InChI is InChI=1S/C20H29N5S/c1-23(2)20-21-12-11-19(22-20)24(3)17-6-5-13-25(15-17)14-16-7-9-18(26-4)10-8-16/h7-12,17H,5-6,13-15H2,1-4H3. The average molecular weight is 372 g/mol. The molecule has 140 valence electrons. The monoisotopic (exact) mass is 371 g/mol. The molecule has 1 aliphatic rings. The zero-order valence-corrected chi connectivity index (χ0v) is 17.0. The summed E-state index contributed by atoms with van der Waals surface area (Å²) in [7, 11) is 6.11. The van der Waals surface area contributed by atoms with E-state index < -0.39 is 0 Å². The molecule has 2 aromatic rings. The molecule has 1 fully saturated rings. The number of rotatable bonds is 6. The van der Waals surface area contributed by atoms with Gasteiger partial charge in [-0.3, -0.25) is 4.90 Å². The van der Waals surface area contributed by atoms with E-state index in [0.29, 0.717) is 6.04 Å². The van der Waals surface area contributed by atoms with Crippen molar-refractivity contribution in [1.29, 1.82) is 0 Å². The highest BCUT2D eigenvalue weighted by Crippen LogP contribution is 2.23. The van der Waals surface area contributed by atoms with Gasteiger partial charge in [-0.15, -0.1) is 11.8 Å². The lowest BCUT2D eigenvalue weighted by Gasteiger charge is -2.38. The fourth-order valence-corrected chi connectivity index (χ4v) is 3.83. The van der Waals surface area contributed by atoms with Crippen LogP contribution < -0.4 is 9.80 Å². The van der Waals surface area contributed by atoms with Crippen LogP contribution in [0.1, 0.15) is 18.4 Å². The SMILES string of the molecule is CSc1ccc(CN2CCCC(N(C)c3ccnc(N(C)C)n3)C2)cc1. The Morgan fingerprint density at radius 1 is 1.15 bits per heavy atom. The maximum Gasteiger partial charge on any atom is 0.226 e. The lowest BCUT2D eigenvalue weighted by Crippen LogP contribution is -2.46. The summed E-state index contributed by atoms with van der Waals surface area (Å²) >= 11 is 1.79. The normalized spacial score (nSPS) is 17.9. The first kappa shape index (κ1) is 19.0. The number of hydrogen-bond donors (Lipinski definition) is 0. The van der Waals surface area contributed by atoms with E-state index in [2.05, 4.69) is 52.4 Å². The van der Waals surface area contributed by atoms with E-state index in [1.54, 1.807) is 11.8 Å². The lowest BCUT2D eigenvalue weighted by molar-refractivity contribution is 0.198. The van der Waals surface area contributed by atoms with Crippen molar-refractivity contribution in [3.05, 3.63) is 42.1 Å². The van der Waals surface area contributed by atoms with Crippen LogP contribution in [0.25, 0.3) is 0 Å². The first-order valence-corrected chi connectivity index (χ1v) is 10.4. The maximum absolute atomic E-state index is 4.70. The molecule has 1 aromatic heterocycles. The molecule has 1 aliphatic heterocycles. The Hall–Kier alpha value is -1.79. The van der Waals surface area contributed by atoms with Crippen molar-refractivity contribution < 1.29 is 0 Å². The van der Waals surface area contributed by atoms with E-state index in [-0.39, 0.29) is 0 Å². The highest BCUT2D eigenvalue weighted by molar-refractivity contribution is 7.98. The van der Waals surface area contributed by atoms with Crippen LogP contribution >= 0.6 is 11.8 Å². The van der Waals surface area contributed by atoms with Gasteiger partial charge >= 0.3 is 0 Å². The van der Waals surface area contributed by atoms with Gasteiger partial charge in [-0.2, -0.15) is 4.98 Å². The summed E-state index contributed by atoms with van der Waals surface area (Å²) in [5.74, 6) is 1.76. The Labute approximate surface area is 161 Å². The van der Waals surface area contributed by atoms with Gasteiger partial charge in [0.1, 0.15) is 5.82 Å². The number of likely N-dealkylation sites (tertiary alicyclic amines) is 1. The van der Waals surface area contributed by atoms with Crippen LogP contribution in [0.4, 0.5) is 11.8 Å². The maximum atomic E-state index is 4.70. The van der Waals surface area contributed by atoms with Crippen LogP contribution in [-0.2, 0) is 6.54 Å². The Morgan fingerprint density at radius 2 is 1.92 bits per heavy atom. The minimum atomic E-state index is 0.485. The molecule has 0 bridgehead atoms. The molecule has 6 heteroatoms. The third-order valence-corrected chi connectivity index (χ3v) is 5.73. The summed E-state index contributed by atoms with van der Waals surface area (Å²) in [4.78, 5) is 17.2. The van der Waals surface area contributed by atoms with E-state index in [4.69, 9.17) is 4.98 Å². The molecule has 5 nitrogen and oxygen atoms in total. The van der Waals surface area contributed by atoms with Crippen molar-refractivity contribution in [2.45, 2.75) is 30.3 Å². The van der Waals surface area contributed by atoms with Crippen molar-refractivity contribution in [3.63, 3.8) is 0 Å². The fraction of sp³-hybridized carbons (Fsp3) is 0.500. The number of piperidine rings is 1. The topological polar surface area (TPSA) is 35.5 Å². The molecule has 1 atom stereocenters. The smallest absolute Gasteiger partial charge is 0.226 e. The van der Waals surface area contributed by atoms with Gasteiger partial charge in [0.15, 0.2) is 0 Å². The van der Waals surface area contributed by atoms with Gasteiger partial charge in [-0.05, 0) is 49.4 Å². The summed E-state index contributed by atoms with van der Waals surface area (Å²) in [6, 6.07) is 11.4. The lowest BCUT2D eigenvalue weighted by atomic mass is 10.0. The third-order valence-electron chi connectivity index (χ3n) is 4.98. The number of anilines is 2. The van der Waals surface area contributed by atoms with Crippen molar-refractivity contribution in [1.82, 2.24) is 14.9 Å². The molecule has 0 aliphatic carbocycles. The quantitative estimate of drug-likeness (QED) is 0.725. The van der Waals surface area contributed by atoms with Gasteiger partial charge < -0.3 is 9.80 Å². The molecule has 0 amide bonds.